The minimum absolute atomic E-state index is 0. The van der Waals surface area contributed by atoms with Gasteiger partial charge in [0.1, 0.15) is 17.8 Å². The summed E-state index contributed by atoms with van der Waals surface area (Å²) in [6, 6.07) is -0.0753. The fourth-order valence-electron chi connectivity index (χ4n) is 8.28. The van der Waals surface area contributed by atoms with E-state index in [4.69, 9.17) is 9.62 Å². The van der Waals surface area contributed by atoms with E-state index in [-0.39, 0.29) is 75.5 Å². The monoisotopic (exact) mass is 725 g/mol. The summed E-state index contributed by atoms with van der Waals surface area (Å²) in [5, 5.41) is 57.1. The third-order valence-corrected chi connectivity index (χ3v) is 10.9. The van der Waals surface area contributed by atoms with Crippen molar-refractivity contribution in [3.63, 3.8) is 0 Å². The van der Waals surface area contributed by atoms with Crippen LogP contribution in [0.1, 0.15) is 61.3 Å². The molecule has 4 rings (SSSR count). The molecule has 1 radical (unpaired) electrons. The van der Waals surface area contributed by atoms with E-state index in [0.717, 1.165) is 0 Å². The standard InChI is InChI=1S/C26H43NO8.Ac/c1-11(14(4)27)20(35-33)15-9-26(32)13(3)21-24(7,16(28)8-17-25(21,31)10-34-17)22(30)19(29)18(12(15)2)23(26,5)6;/h11,13-17,19-21,28-29,31-33H,8-10,27H2,1-7H3;/p+1/t11?,13?,14?,15?,16?,17?,19?,20-,21?,24+,25?,26?;/m0./s1. The molecular formula is C26H44AcNO8+. The van der Waals surface area contributed by atoms with E-state index < -0.39 is 70.0 Å². The minimum Gasteiger partial charge on any atom is -0.392 e. The number of ketones is 1. The molecular weight excluding hydrogens is 681 g/mol. The molecule has 10 unspecified atom stereocenters. The average Bonchev–Trinajstić information content (AvgIpc) is 2.77. The van der Waals surface area contributed by atoms with Crippen LogP contribution in [-0.4, -0.2) is 79.7 Å². The minimum atomic E-state index is -1.60. The zero-order chi connectivity index (χ0) is 26.5. The number of aliphatic hydroxyl groups excluding tert-OH is 2. The second-order valence-electron chi connectivity index (χ2n) is 12.7. The normalized spacial score (nSPS) is 48.3. The molecule has 3 aliphatic carbocycles. The largest absolute Gasteiger partial charge is 0.392 e. The maximum atomic E-state index is 14.1. The maximum Gasteiger partial charge on any atom is 0.174 e. The summed E-state index contributed by atoms with van der Waals surface area (Å²) in [5.74, 6) is -2.78. The van der Waals surface area contributed by atoms with E-state index in [0.29, 0.717) is 11.1 Å². The van der Waals surface area contributed by atoms with Gasteiger partial charge in [-0.15, -0.1) is 0 Å². The molecule has 0 aromatic carbocycles. The van der Waals surface area contributed by atoms with Gasteiger partial charge in [0.2, 0.25) is 0 Å². The number of hydrogen-bond donors (Lipinski definition) is 6. The smallest absolute Gasteiger partial charge is 0.174 e. The molecule has 36 heavy (non-hydrogen) atoms. The number of fused-ring (bicyclic) bond motifs is 5. The van der Waals surface area contributed by atoms with Crippen molar-refractivity contribution in [2.45, 2.75) is 103 Å². The zero-order valence-electron chi connectivity index (χ0n) is 22.6. The number of aliphatic hydroxyl groups is 4. The van der Waals surface area contributed by atoms with Crippen LogP contribution < -0.4 is 5.73 Å². The number of quaternary nitrogens is 1. The Hall–Kier alpha value is 0.532. The number of rotatable bonds is 4. The second kappa shape index (κ2) is 9.87. The molecule has 203 valence electrons. The SMILES string of the molecule is CC1=C2C(O)C(=O)[C@]3(C)C(O)CC4OCC4(O)C3C(C)C(O)(CC1[C@@H](OO)C(C)C(C)[NH3+])C2(C)C.[Ac]. The molecule has 0 aromatic rings. The van der Waals surface area contributed by atoms with Crippen LogP contribution in [0.25, 0.3) is 0 Å². The molecule has 0 aromatic heterocycles. The van der Waals surface area contributed by atoms with E-state index in [2.05, 4.69) is 5.73 Å². The van der Waals surface area contributed by atoms with E-state index in [1.807, 2.05) is 41.5 Å². The summed E-state index contributed by atoms with van der Waals surface area (Å²) in [5.41, 5.74) is -0.288. The van der Waals surface area contributed by atoms with Gasteiger partial charge in [0.05, 0.1) is 35.9 Å². The molecule has 1 saturated heterocycles. The molecule has 1 aliphatic heterocycles. The van der Waals surface area contributed by atoms with Crippen LogP contribution in [0.2, 0.25) is 0 Å². The van der Waals surface area contributed by atoms with Crippen molar-refractivity contribution in [2.24, 2.45) is 34.5 Å². The molecule has 0 spiro atoms. The summed E-state index contributed by atoms with van der Waals surface area (Å²) >= 11 is 0. The van der Waals surface area contributed by atoms with Gasteiger partial charge in [-0.25, -0.2) is 4.89 Å². The van der Waals surface area contributed by atoms with Crippen LogP contribution in [-0.2, 0) is 14.4 Å². The summed E-state index contributed by atoms with van der Waals surface area (Å²) in [6.07, 6.45) is -3.85. The number of ether oxygens (including phenoxy) is 1. The fourth-order valence-corrected chi connectivity index (χ4v) is 8.28. The van der Waals surface area contributed by atoms with Gasteiger partial charge in [-0.1, -0.05) is 33.3 Å². The average molecular weight is 726 g/mol. The first-order chi connectivity index (χ1) is 16.0. The third kappa shape index (κ3) is 3.84. The number of carbonyl (C=O) groups excluding carboxylic acids is 1. The summed E-state index contributed by atoms with van der Waals surface area (Å²) in [4.78, 5) is 19.1. The van der Waals surface area contributed by atoms with Crippen LogP contribution in [0.4, 0.5) is 0 Å². The molecule has 12 atom stereocenters. The Morgan fingerprint density at radius 3 is 2.22 bits per heavy atom. The quantitative estimate of drug-likeness (QED) is 0.137. The van der Waals surface area contributed by atoms with Crippen molar-refractivity contribution < 1.29 is 89.9 Å². The van der Waals surface area contributed by atoms with E-state index in [1.165, 1.54) is 0 Å². The van der Waals surface area contributed by atoms with Crippen molar-refractivity contribution in [1.29, 1.82) is 0 Å². The zero-order valence-corrected chi connectivity index (χ0v) is 27.3. The second-order valence-corrected chi connectivity index (χ2v) is 12.7. The number of Topliss-reactive ketones (excluding diaryl/α,β-unsaturated/α-hetero) is 1. The van der Waals surface area contributed by atoms with E-state index in [9.17, 15) is 30.5 Å². The summed E-state index contributed by atoms with van der Waals surface area (Å²) in [6.45, 7) is 12.7. The Morgan fingerprint density at radius 2 is 1.75 bits per heavy atom. The molecule has 9 nitrogen and oxygen atoms in total. The van der Waals surface area contributed by atoms with Crippen LogP contribution in [0.3, 0.4) is 0 Å². The molecule has 3 fully saturated rings. The van der Waals surface area contributed by atoms with Gasteiger partial charge in [-0.3, -0.25) is 10.1 Å². The predicted molar refractivity (Wildman–Crippen MR) is 126 cm³/mol. The molecule has 0 amide bonds. The van der Waals surface area contributed by atoms with Gasteiger partial charge < -0.3 is 30.9 Å². The van der Waals surface area contributed by atoms with Crippen LogP contribution >= 0.6 is 0 Å². The van der Waals surface area contributed by atoms with E-state index in [1.54, 1.807) is 6.92 Å². The van der Waals surface area contributed by atoms with Crippen molar-refractivity contribution in [3.05, 3.63) is 11.1 Å². The summed E-state index contributed by atoms with van der Waals surface area (Å²) in [7, 11) is 0. The van der Waals surface area contributed by atoms with Crippen LogP contribution in [0.5, 0.6) is 0 Å². The first kappa shape index (κ1) is 31.1. The molecule has 1 heterocycles. The number of hydrogen-bond acceptors (Lipinski definition) is 8. The van der Waals surface area contributed by atoms with Crippen molar-refractivity contribution in [3.8, 4) is 0 Å². The van der Waals surface area contributed by atoms with Crippen molar-refractivity contribution >= 4 is 5.78 Å². The third-order valence-electron chi connectivity index (χ3n) is 10.9. The predicted octanol–water partition coefficient (Wildman–Crippen LogP) is 0.302. The Kier molecular flexibility index (Phi) is 8.51. The van der Waals surface area contributed by atoms with Gasteiger partial charge >= 0.3 is 0 Å². The molecule has 4 aliphatic rings. The Bertz CT molecular complexity index is 926. The topological polar surface area (TPSA) is 164 Å². The van der Waals surface area contributed by atoms with Gasteiger partial charge in [-0.05, 0) is 38.7 Å². The Balaban J connectivity index is 0.00000361. The molecule has 2 saturated carbocycles. The number of carbonyl (C=O) groups is 1. The van der Waals surface area contributed by atoms with Gasteiger partial charge in [0, 0.05) is 73.7 Å². The molecule has 2 bridgehead atoms. The maximum absolute atomic E-state index is 14.1. The van der Waals surface area contributed by atoms with Gasteiger partial charge in [-0.2, -0.15) is 0 Å². The fraction of sp³-hybridized carbons (Fsp3) is 0.885. The first-order valence-corrected chi connectivity index (χ1v) is 12.8. The van der Waals surface area contributed by atoms with Crippen LogP contribution in [0, 0.1) is 78.6 Å². The molecule has 8 N–H and O–H groups in total. The van der Waals surface area contributed by atoms with Gasteiger partial charge in [0.15, 0.2) is 5.78 Å². The summed E-state index contributed by atoms with van der Waals surface area (Å²) < 4.78 is 5.59. The molecule has 10 heteroatoms. The van der Waals surface area contributed by atoms with E-state index >= 15 is 0 Å². The van der Waals surface area contributed by atoms with Crippen molar-refractivity contribution in [2.75, 3.05) is 6.61 Å². The van der Waals surface area contributed by atoms with Gasteiger partial charge in [0.25, 0.3) is 0 Å². The Morgan fingerprint density at radius 1 is 1.17 bits per heavy atom. The Labute approximate surface area is 249 Å². The van der Waals surface area contributed by atoms with Crippen molar-refractivity contribution in [1.82, 2.24) is 0 Å². The first-order valence-electron chi connectivity index (χ1n) is 12.8. The van der Waals surface area contributed by atoms with Crippen LogP contribution in [0.15, 0.2) is 11.1 Å².